The van der Waals surface area contributed by atoms with Crippen LogP contribution >= 0.6 is 0 Å². The fourth-order valence-electron chi connectivity index (χ4n) is 3.86. The smallest absolute Gasteiger partial charge is 0.296 e. The summed E-state index contributed by atoms with van der Waals surface area (Å²) in [5.74, 6) is -1.94. The number of H-pyrrole nitrogens is 1. The topological polar surface area (TPSA) is 58.9 Å². The number of hydrogen-bond acceptors (Lipinski definition) is 3. The van der Waals surface area contributed by atoms with Crippen molar-refractivity contribution in [2.45, 2.75) is 25.9 Å². The van der Waals surface area contributed by atoms with E-state index < -0.39 is 23.4 Å². The van der Waals surface area contributed by atoms with Gasteiger partial charge in [-0.05, 0) is 36.2 Å². The first kappa shape index (κ1) is 21.0. The highest BCUT2D eigenvalue weighted by Crippen LogP contribution is 2.36. The number of aromatic nitrogens is 5. The Kier molecular flexibility index (Phi) is 4.70. The number of nitrogens with one attached hydrogen (secondary N) is 1. The molecule has 0 saturated heterocycles. The highest BCUT2D eigenvalue weighted by molar-refractivity contribution is 5.85. The fourth-order valence-corrected chi connectivity index (χ4v) is 3.86. The van der Waals surface area contributed by atoms with E-state index in [1.54, 1.807) is 16.5 Å². The van der Waals surface area contributed by atoms with Crippen molar-refractivity contribution in [2.75, 3.05) is 0 Å². The van der Waals surface area contributed by atoms with Crippen LogP contribution in [0.1, 0.15) is 31.0 Å². The van der Waals surface area contributed by atoms with Gasteiger partial charge in [-0.3, -0.25) is 14.5 Å². The third kappa shape index (κ3) is 3.42. The number of halogens is 5. The van der Waals surface area contributed by atoms with Crippen molar-refractivity contribution >= 4 is 16.6 Å². The highest BCUT2D eigenvalue weighted by atomic mass is 19.4. The van der Waals surface area contributed by atoms with Crippen molar-refractivity contribution < 1.29 is 22.0 Å². The lowest BCUT2D eigenvalue weighted by Gasteiger charge is -2.11. The van der Waals surface area contributed by atoms with E-state index in [1.165, 1.54) is 24.7 Å². The molecule has 0 spiro atoms. The molecule has 1 N–H and O–H groups in total. The lowest BCUT2D eigenvalue weighted by molar-refractivity contribution is -0.139. The van der Waals surface area contributed by atoms with Gasteiger partial charge in [0.1, 0.15) is 11.6 Å². The average molecular weight is 457 g/mol. The Balaban J connectivity index is 1.76. The first-order valence-electron chi connectivity index (χ1n) is 10.0. The molecule has 168 valence electrons. The summed E-state index contributed by atoms with van der Waals surface area (Å²) in [6.07, 6.45) is -0.583. The molecule has 0 radical (unpaired) electrons. The summed E-state index contributed by atoms with van der Waals surface area (Å²) in [5.41, 5.74) is 1.12. The van der Waals surface area contributed by atoms with Crippen molar-refractivity contribution in [1.29, 1.82) is 0 Å². The van der Waals surface area contributed by atoms with Crippen LogP contribution in [0.3, 0.4) is 0 Å². The molecule has 0 aliphatic rings. The molecule has 5 rings (SSSR count). The summed E-state index contributed by atoms with van der Waals surface area (Å²) < 4.78 is 70.3. The van der Waals surface area contributed by atoms with Gasteiger partial charge in [-0.1, -0.05) is 13.8 Å². The highest BCUT2D eigenvalue weighted by Gasteiger charge is 2.34. The van der Waals surface area contributed by atoms with Gasteiger partial charge in [0.15, 0.2) is 5.65 Å². The predicted molar refractivity (Wildman–Crippen MR) is 113 cm³/mol. The molecule has 10 heteroatoms. The summed E-state index contributed by atoms with van der Waals surface area (Å²) >= 11 is 0. The van der Waals surface area contributed by atoms with Crippen molar-refractivity contribution in [1.82, 2.24) is 24.6 Å². The maximum atomic E-state index is 15.4. The van der Waals surface area contributed by atoms with Crippen LogP contribution in [0.4, 0.5) is 22.0 Å². The maximum Gasteiger partial charge on any atom is 0.419 e. The largest absolute Gasteiger partial charge is 0.419 e. The fraction of sp³-hybridized carbons (Fsp3) is 0.174. The summed E-state index contributed by atoms with van der Waals surface area (Å²) in [4.78, 5) is 8.79. The van der Waals surface area contributed by atoms with Gasteiger partial charge in [0.25, 0.3) is 0 Å². The van der Waals surface area contributed by atoms with Gasteiger partial charge in [-0.15, -0.1) is 0 Å². The van der Waals surface area contributed by atoms with Crippen LogP contribution in [0, 0.1) is 11.6 Å². The molecule has 33 heavy (non-hydrogen) atoms. The molecule has 3 aromatic heterocycles. The number of hydrogen-bond donors (Lipinski definition) is 1. The number of rotatable bonds is 3. The Hall–Kier alpha value is -3.82. The first-order valence-corrected chi connectivity index (χ1v) is 10.0. The first-order chi connectivity index (χ1) is 15.6. The third-order valence-corrected chi connectivity index (χ3v) is 5.46. The van der Waals surface area contributed by atoms with Gasteiger partial charge in [-0.25, -0.2) is 13.8 Å². The molecule has 5 aromatic rings. The molecule has 0 unspecified atom stereocenters. The Labute approximate surface area is 183 Å². The number of alkyl halides is 3. The van der Waals surface area contributed by atoms with E-state index >= 15 is 4.39 Å². The number of aromatic amines is 1. The zero-order chi connectivity index (χ0) is 23.5. The molecular weight excluding hydrogens is 441 g/mol. The summed E-state index contributed by atoms with van der Waals surface area (Å²) in [6, 6.07) is 5.98. The van der Waals surface area contributed by atoms with E-state index in [2.05, 4.69) is 20.2 Å². The molecule has 0 bridgehead atoms. The Morgan fingerprint density at radius 3 is 2.55 bits per heavy atom. The minimum Gasteiger partial charge on any atom is -0.296 e. The number of benzene rings is 2. The molecule has 0 aliphatic heterocycles. The average Bonchev–Trinajstić information content (AvgIpc) is 3.38. The number of nitrogens with zero attached hydrogens (tertiary/aromatic N) is 4. The molecule has 5 nitrogen and oxygen atoms in total. The number of imidazole rings is 1. The molecule has 0 amide bonds. The van der Waals surface area contributed by atoms with Crippen molar-refractivity contribution in [2.24, 2.45) is 0 Å². The van der Waals surface area contributed by atoms with E-state index in [0.29, 0.717) is 34.0 Å². The molecule has 2 aromatic carbocycles. The maximum absolute atomic E-state index is 15.4. The van der Waals surface area contributed by atoms with Crippen LogP contribution in [-0.2, 0) is 6.18 Å². The summed E-state index contributed by atoms with van der Waals surface area (Å²) in [5, 5.41) is 6.89. The van der Waals surface area contributed by atoms with Crippen LogP contribution in [0.2, 0.25) is 0 Å². The third-order valence-electron chi connectivity index (χ3n) is 5.46. The van der Waals surface area contributed by atoms with E-state index in [-0.39, 0.29) is 22.7 Å². The van der Waals surface area contributed by atoms with Crippen LogP contribution in [0.5, 0.6) is 0 Å². The minimum absolute atomic E-state index is 0.0714. The Morgan fingerprint density at radius 2 is 1.82 bits per heavy atom. The van der Waals surface area contributed by atoms with Gasteiger partial charge in [0, 0.05) is 17.3 Å². The summed E-state index contributed by atoms with van der Waals surface area (Å²) in [6.45, 7) is 3.81. The molecule has 3 heterocycles. The predicted octanol–water partition coefficient (Wildman–Crippen LogP) is 6.36. The zero-order valence-electron chi connectivity index (χ0n) is 17.4. The second kappa shape index (κ2) is 7.36. The molecule has 0 saturated carbocycles. The van der Waals surface area contributed by atoms with E-state index in [9.17, 15) is 17.6 Å². The SMILES string of the molecule is CC(C)c1nc2cnc(-c3ccc(F)c(C(F)(F)F)c3)cn2c1-c1ccc2[nH]ncc2c1F. The van der Waals surface area contributed by atoms with E-state index in [4.69, 9.17) is 0 Å². The second-order valence-electron chi connectivity index (χ2n) is 7.95. The van der Waals surface area contributed by atoms with Crippen molar-refractivity contribution in [3.8, 4) is 22.5 Å². The van der Waals surface area contributed by atoms with Crippen LogP contribution in [-0.4, -0.2) is 24.6 Å². The quantitative estimate of drug-likeness (QED) is 0.321. The second-order valence-corrected chi connectivity index (χ2v) is 7.95. The van der Waals surface area contributed by atoms with Gasteiger partial charge >= 0.3 is 6.18 Å². The summed E-state index contributed by atoms with van der Waals surface area (Å²) in [7, 11) is 0. The van der Waals surface area contributed by atoms with E-state index in [1.807, 2.05) is 13.8 Å². The molecular formula is C23H16F5N5. The number of fused-ring (bicyclic) bond motifs is 2. The van der Waals surface area contributed by atoms with Crippen LogP contribution < -0.4 is 0 Å². The van der Waals surface area contributed by atoms with E-state index in [0.717, 1.165) is 6.07 Å². The van der Waals surface area contributed by atoms with Crippen molar-refractivity contribution in [3.05, 3.63) is 71.8 Å². The normalized spacial score (nSPS) is 12.4. The van der Waals surface area contributed by atoms with Gasteiger partial charge in [-0.2, -0.15) is 18.3 Å². The molecule has 0 aliphatic carbocycles. The van der Waals surface area contributed by atoms with Gasteiger partial charge < -0.3 is 0 Å². The molecule has 0 fully saturated rings. The lowest BCUT2D eigenvalue weighted by atomic mass is 10.0. The standard InChI is InChI=1S/C23H16F5N5/c1-11(2)21-22(13-4-6-17-14(20(13)25)8-30-32-17)33-10-18(29-9-19(33)31-21)12-3-5-16(24)15(7-12)23(26,27)28/h3-11H,1-2H3,(H,30,32). The minimum atomic E-state index is -4.85. The lowest BCUT2D eigenvalue weighted by Crippen LogP contribution is -2.08. The van der Waals surface area contributed by atoms with Gasteiger partial charge in [0.2, 0.25) is 0 Å². The van der Waals surface area contributed by atoms with Crippen LogP contribution in [0.15, 0.2) is 48.9 Å². The molecule has 0 atom stereocenters. The Bertz CT molecular complexity index is 1510. The zero-order valence-corrected chi connectivity index (χ0v) is 17.4. The van der Waals surface area contributed by atoms with Crippen molar-refractivity contribution in [3.63, 3.8) is 0 Å². The van der Waals surface area contributed by atoms with Crippen LogP contribution in [0.25, 0.3) is 39.1 Å². The Morgan fingerprint density at radius 1 is 1.03 bits per heavy atom. The van der Waals surface area contributed by atoms with Gasteiger partial charge in [0.05, 0.1) is 45.9 Å². The monoisotopic (exact) mass is 457 g/mol.